The Bertz CT molecular complexity index is 611. The van der Waals surface area contributed by atoms with Gasteiger partial charge in [0.1, 0.15) is 0 Å². The van der Waals surface area contributed by atoms with Gasteiger partial charge in [-0.25, -0.2) is 0 Å². The smallest absolute Gasteiger partial charge is 0.225 e. The van der Waals surface area contributed by atoms with Gasteiger partial charge in [-0.3, -0.25) is 14.6 Å². The second-order valence-electron chi connectivity index (χ2n) is 9.38. The van der Waals surface area contributed by atoms with Crippen LogP contribution in [0.2, 0.25) is 0 Å². The van der Waals surface area contributed by atoms with Crippen LogP contribution in [0.25, 0.3) is 0 Å². The van der Waals surface area contributed by atoms with E-state index in [-0.39, 0.29) is 23.8 Å². The third-order valence-electron chi connectivity index (χ3n) is 7.03. The predicted molar refractivity (Wildman–Crippen MR) is 124 cm³/mol. The quantitative estimate of drug-likeness (QED) is 0.288. The molecule has 8 nitrogen and oxygen atoms in total. The van der Waals surface area contributed by atoms with Gasteiger partial charge in [0.2, 0.25) is 11.8 Å². The molecule has 0 aromatic rings. The second kappa shape index (κ2) is 12.3. The number of aliphatic imine (C=N–C) groups is 1. The summed E-state index contributed by atoms with van der Waals surface area (Å²) in [5.41, 5.74) is 5.41. The van der Waals surface area contributed by atoms with E-state index >= 15 is 0 Å². The molecule has 0 aromatic carbocycles. The van der Waals surface area contributed by atoms with Crippen molar-refractivity contribution in [2.75, 3.05) is 45.8 Å². The first-order chi connectivity index (χ1) is 15.1. The number of rotatable bonds is 9. The van der Waals surface area contributed by atoms with Gasteiger partial charge < -0.3 is 26.2 Å². The Hall–Kier alpha value is -1.83. The zero-order valence-electron chi connectivity index (χ0n) is 19.3. The van der Waals surface area contributed by atoms with Crippen LogP contribution in [0.3, 0.4) is 0 Å². The van der Waals surface area contributed by atoms with Gasteiger partial charge in [0.15, 0.2) is 5.96 Å². The number of primary amides is 1. The van der Waals surface area contributed by atoms with Crippen molar-refractivity contribution < 1.29 is 9.59 Å². The predicted octanol–water partition coefficient (Wildman–Crippen LogP) is 1.31. The molecule has 0 spiro atoms. The van der Waals surface area contributed by atoms with Crippen molar-refractivity contribution in [3.8, 4) is 0 Å². The van der Waals surface area contributed by atoms with Crippen LogP contribution in [0.4, 0.5) is 0 Å². The summed E-state index contributed by atoms with van der Waals surface area (Å²) in [6.45, 7) is 8.36. The molecular formula is C23H42N6O2. The summed E-state index contributed by atoms with van der Waals surface area (Å²) in [4.78, 5) is 33.2. The molecule has 1 atom stereocenters. The molecule has 0 aromatic heterocycles. The highest BCUT2D eigenvalue weighted by Gasteiger charge is 2.32. The summed E-state index contributed by atoms with van der Waals surface area (Å²) in [7, 11) is 0. The Morgan fingerprint density at radius 3 is 2.42 bits per heavy atom. The molecule has 2 amide bonds. The number of hydrogen-bond acceptors (Lipinski definition) is 4. The SMILES string of the molecule is CCNC(=NCCCCN1CCC(C(N)=O)CC1)NC1CCN(C(=O)C2CCCC2)C1. The maximum absolute atomic E-state index is 12.7. The van der Waals surface area contributed by atoms with Crippen molar-refractivity contribution in [1.29, 1.82) is 0 Å². The number of nitrogens with one attached hydrogen (secondary N) is 2. The molecule has 1 unspecified atom stereocenters. The Labute approximate surface area is 187 Å². The summed E-state index contributed by atoms with van der Waals surface area (Å²) in [5, 5.41) is 6.88. The van der Waals surface area contributed by atoms with Gasteiger partial charge in [-0.15, -0.1) is 0 Å². The number of nitrogens with zero attached hydrogens (tertiary/aromatic N) is 3. The van der Waals surface area contributed by atoms with Crippen molar-refractivity contribution in [3.05, 3.63) is 0 Å². The van der Waals surface area contributed by atoms with E-state index in [0.29, 0.717) is 5.91 Å². The van der Waals surface area contributed by atoms with E-state index in [4.69, 9.17) is 10.7 Å². The first kappa shape index (κ1) is 23.8. The average molecular weight is 435 g/mol. The Kier molecular flexibility index (Phi) is 9.43. The summed E-state index contributed by atoms with van der Waals surface area (Å²) < 4.78 is 0. The van der Waals surface area contributed by atoms with Gasteiger partial charge in [0, 0.05) is 44.1 Å². The van der Waals surface area contributed by atoms with Crippen LogP contribution in [-0.2, 0) is 9.59 Å². The van der Waals surface area contributed by atoms with Crippen LogP contribution in [0, 0.1) is 11.8 Å². The number of unbranched alkanes of at least 4 members (excludes halogenated alkanes) is 1. The van der Waals surface area contributed by atoms with Crippen LogP contribution in [0.15, 0.2) is 4.99 Å². The maximum atomic E-state index is 12.7. The van der Waals surface area contributed by atoms with Crippen molar-refractivity contribution >= 4 is 17.8 Å². The van der Waals surface area contributed by atoms with Crippen molar-refractivity contribution in [1.82, 2.24) is 20.4 Å². The number of guanidine groups is 1. The summed E-state index contributed by atoms with van der Waals surface area (Å²) in [6.07, 6.45) is 9.48. The molecule has 3 rings (SSSR count). The van der Waals surface area contributed by atoms with Crippen LogP contribution in [0.5, 0.6) is 0 Å². The van der Waals surface area contributed by atoms with E-state index in [9.17, 15) is 9.59 Å². The zero-order chi connectivity index (χ0) is 22.1. The molecule has 0 bridgehead atoms. The minimum Gasteiger partial charge on any atom is -0.369 e. The van der Waals surface area contributed by atoms with Crippen molar-refractivity contribution in [2.45, 2.75) is 70.8 Å². The highest BCUT2D eigenvalue weighted by atomic mass is 16.2. The molecule has 3 fully saturated rings. The van der Waals surface area contributed by atoms with E-state index in [1.54, 1.807) is 0 Å². The van der Waals surface area contributed by atoms with Gasteiger partial charge in [-0.05, 0) is 71.5 Å². The molecule has 0 radical (unpaired) electrons. The molecule has 2 aliphatic heterocycles. The van der Waals surface area contributed by atoms with Crippen LogP contribution >= 0.6 is 0 Å². The molecule has 2 saturated heterocycles. The molecule has 31 heavy (non-hydrogen) atoms. The van der Waals surface area contributed by atoms with E-state index in [1.807, 2.05) is 0 Å². The third-order valence-corrected chi connectivity index (χ3v) is 7.03. The third kappa shape index (κ3) is 7.37. The molecule has 1 saturated carbocycles. The Morgan fingerprint density at radius 1 is 1.00 bits per heavy atom. The number of nitrogens with two attached hydrogens (primary N) is 1. The number of carbonyl (C=O) groups is 2. The van der Waals surface area contributed by atoms with Gasteiger partial charge in [-0.1, -0.05) is 12.8 Å². The summed E-state index contributed by atoms with van der Waals surface area (Å²) >= 11 is 0. The number of piperidine rings is 1. The molecule has 1 aliphatic carbocycles. The van der Waals surface area contributed by atoms with Crippen LogP contribution in [-0.4, -0.2) is 79.4 Å². The lowest BCUT2D eigenvalue weighted by atomic mass is 9.96. The van der Waals surface area contributed by atoms with E-state index in [2.05, 4.69) is 27.4 Å². The summed E-state index contributed by atoms with van der Waals surface area (Å²) in [6, 6.07) is 0.287. The number of hydrogen-bond donors (Lipinski definition) is 3. The van der Waals surface area contributed by atoms with Gasteiger partial charge in [0.05, 0.1) is 0 Å². The lowest BCUT2D eigenvalue weighted by Gasteiger charge is -2.30. The molecule has 4 N–H and O–H groups in total. The van der Waals surface area contributed by atoms with Gasteiger partial charge >= 0.3 is 0 Å². The summed E-state index contributed by atoms with van der Waals surface area (Å²) in [5.74, 6) is 1.41. The fourth-order valence-electron chi connectivity index (χ4n) is 5.10. The monoisotopic (exact) mass is 434 g/mol. The van der Waals surface area contributed by atoms with Crippen molar-refractivity contribution in [3.63, 3.8) is 0 Å². The zero-order valence-corrected chi connectivity index (χ0v) is 19.3. The van der Waals surface area contributed by atoms with E-state index in [0.717, 1.165) is 96.7 Å². The van der Waals surface area contributed by atoms with Crippen LogP contribution in [0.1, 0.15) is 64.7 Å². The van der Waals surface area contributed by atoms with Gasteiger partial charge in [0.25, 0.3) is 0 Å². The lowest BCUT2D eigenvalue weighted by molar-refractivity contribution is -0.134. The minimum atomic E-state index is -0.147. The molecular weight excluding hydrogens is 392 g/mol. The highest BCUT2D eigenvalue weighted by molar-refractivity contribution is 5.81. The normalized spacial score (nSPS) is 24.0. The largest absolute Gasteiger partial charge is 0.369 e. The number of amides is 2. The fourth-order valence-corrected chi connectivity index (χ4v) is 5.10. The number of carbonyl (C=O) groups excluding carboxylic acids is 2. The maximum Gasteiger partial charge on any atom is 0.225 e. The second-order valence-corrected chi connectivity index (χ2v) is 9.38. The highest BCUT2D eigenvalue weighted by Crippen LogP contribution is 2.27. The van der Waals surface area contributed by atoms with Crippen molar-refractivity contribution in [2.24, 2.45) is 22.6 Å². The van der Waals surface area contributed by atoms with Crippen LogP contribution < -0.4 is 16.4 Å². The topological polar surface area (TPSA) is 103 Å². The standard InChI is InChI=1S/C23H42N6O2/c1-2-25-23(26-12-5-6-13-28-14-9-18(10-15-28)21(24)30)27-20-11-16-29(17-20)22(31)19-7-3-4-8-19/h18-20H,2-17H2,1H3,(H2,24,30)(H2,25,26,27). The first-order valence-corrected chi connectivity index (χ1v) is 12.4. The number of likely N-dealkylation sites (tertiary alicyclic amines) is 2. The molecule has 8 heteroatoms. The Balaban J connectivity index is 1.33. The molecule has 3 aliphatic rings. The Morgan fingerprint density at radius 2 is 1.74 bits per heavy atom. The molecule has 2 heterocycles. The fraction of sp³-hybridized carbons (Fsp3) is 0.870. The first-order valence-electron chi connectivity index (χ1n) is 12.4. The minimum absolute atomic E-state index is 0.0644. The van der Waals surface area contributed by atoms with E-state index < -0.39 is 0 Å². The van der Waals surface area contributed by atoms with Gasteiger partial charge in [-0.2, -0.15) is 0 Å². The average Bonchev–Trinajstić information content (AvgIpc) is 3.46. The van der Waals surface area contributed by atoms with E-state index in [1.165, 1.54) is 12.8 Å². The molecule has 176 valence electrons. The lowest BCUT2D eigenvalue weighted by Crippen LogP contribution is -2.45.